The molecule has 0 aliphatic rings. The molecule has 0 radical (unpaired) electrons. The third kappa shape index (κ3) is 4.76. The number of carbonyl (C=O) groups excluding carboxylic acids is 1. The second-order valence-corrected chi connectivity index (χ2v) is 4.67. The molecule has 1 aromatic rings. The maximum Gasteiger partial charge on any atom is 0.319 e. The predicted octanol–water partition coefficient (Wildman–Crippen LogP) is 2.53. The molecule has 0 bridgehead atoms. The third-order valence-corrected chi connectivity index (χ3v) is 2.29. The fraction of sp³-hybridized carbons (Fsp3) is 0.462. The average molecular weight is 235 g/mol. The van der Waals surface area contributed by atoms with E-state index in [1.807, 2.05) is 43.3 Å². The van der Waals surface area contributed by atoms with Crippen LogP contribution in [0.2, 0.25) is 0 Å². The molecular weight excluding hydrogens is 214 g/mol. The monoisotopic (exact) mass is 235 g/mol. The molecule has 0 unspecified atom stereocenters. The molecule has 94 valence electrons. The zero-order chi connectivity index (χ0) is 12.8. The Balaban J connectivity index is 2.56. The normalized spacial score (nSPS) is 10.2. The Morgan fingerprint density at radius 1 is 1.35 bits per heavy atom. The van der Waals surface area contributed by atoms with E-state index in [1.165, 1.54) is 0 Å². The van der Waals surface area contributed by atoms with Crippen molar-refractivity contribution < 1.29 is 4.79 Å². The number of anilines is 2. The zero-order valence-corrected chi connectivity index (χ0v) is 10.9. The third-order valence-electron chi connectivity index (χ3n) is 2.29. The Kier molecular flexibility index (Phi) is 4.82. The number of nitrogens with zero attached hydrogens (tertiary/aromatic N) is 1. The summed E-state index contributed by atoms with van der Waals surface area (Å²) in [5.41, 5.74) is 1.86. The first-order valence-corrected chi connectivity index (χ1v) is 5.81. The number of nitrogens with one attached hydrogen (secondary N) is 2. The highest BCUT2D eigenvalue weighted by Gasteiger charge is 2.03. The van der Waals surface area contributed by atoms with Gasteiger partial charge in [-0.25, -0.2) is 4.79 Å². The quantitative estimate of drug-likeness (QED) is 0.842. The molecule has 0 atom stereocenters. The second kappa shape index (κ2) is 6.13. The van der Waals surface area contributed by atoms with Gasteiger partial charge in [0.1, 0.15) is 0 Å². The number of carbonyl (C=O) groups is 1. The Hall–Kier alpha value is -1.71. The minimum absolute atomic E-state index is 0.158. The molecule has 1 rings (SSSR count). The molecule has 4 heteroatoms. The van der Waals surface area contributed by atoms with Gasteiger partial charge in [-0.2, -0.15) is 0 Å². The number of amides is 2. The summed E-state index contributed by atoms with van der Waals surface area (Å²) in [6.45, 7) is 4.80. The van der Waals surface area contributed by atoms with E-state index in [1.54, 1.807) is 0 Å². The van der Waals surface area contributed by atoms with Gasteiger partial charge in [-0.1, -0.05) is 19.9 Å². The van der Waals surface area contributed by atoms with E-state index in [0.29, 0.717) is 12.5 Å². The molecule has 2 N–H and O–H groups in total. The van der Waals surface area contributed by atoms with E-state index < -0.39 is 0 Å². The molecule has 0 saturated heterocycles. The number of urea groups is 1. The largest absolute Gasteiger partial charge is 0.378 e. The summed E-state index contributed by atoms with van der Waals surface area (Å²) in [5.74, 6) is 0.453. The van der Waals surface area contributed by atoms with E-state index in [4.69, 9.17) is 0 Å². The van der Waals surface area contributed by atoms with Crippen LogP contribution in [0.4, 0.5) is 16.2 Å². The number of hydrogen-bond donors (Lipinski definition) is 2. The van der Waals surface area contributed by atoms with Crippen LogP contribution in [0.5, 0.6) is 0 Å². The number of rotatable bonds is 4. The van der Waals surface area contributed by atoms with Gasteiger partial charge in [0.15, 0.2) is 0 Å². The van der Waals surface area contributed by atoms with E-state index in [0.717, 1.165) is 11.4 Å². The van der Waals surface area contributed by atoms with Crippen LogP contribution < -0.4 is 15.5 Å². The van der Waals surface area contributed by atoms with Crippen LogP contribution in [-0.4, -0.2) is 26.7 Å². The lowest BCUT2D eigenvalue weighted by Crippen LogP contribution is -2.31. The predicted molar refractivity (Wildman–Crippen MR) is 72.6 cm³/mol. The highest BCUT2D eigenvalue weighted by molar-refractivity contribution is 5.89. The highest BCUT2D eigenvalue weighted by Crippen LogP contribution is 2.16. The molecule has 0 spiro atoms. The molecule has 4 nitrogen and oxygen atoms in total. The first-order chi connectivity index (χ1) is 7.99. The van der Waals surface area contributed by atoms with Crippen molar-refractivity contribution >= 4 is 17.4 Å². The van der Waals surface area contributed by atoms with E-state index in [2.05, 4.69) is 24.5 Å². The van der Waals surface area contributed by atoms with Crippen LogP contribution in [0.25, 0.3) is 0 Å². The number of benzene rings is 1. The molecule has 2 amide bonds. The number of hydrogen-bond acceptors (Lipinski definition) is 2. The minimum Gasteiger partial charge on any atom is -0.378 e. The fourth-order valence-corrected chi connectivity index (χ4v) is 1.33. The van der Waals surface area contributed by atoms with Crippen molar-refractivity contribution in [2.75, 3.05) is 30.9 Å². The van der Waals surface area contributed by atoms with Crippen LogP contribution in [0, 0.1) is 5.92 Å². The molecule has 17 heavy (non-hydrogen) atoms. The van der Waals surface area contributed by atoms with Gasteiger partial charge in [0.25, 0.3) is 0 Å². The van der Waals surface area contributed by atoms with Crippen LogP contribution >= 0.6 is 0 Å². The van der Waals surface area contributed by atoms with Crippen molar-refractivity contribution in [3.05, 3.63) is 24.3 Å². The van der Waals surface area contributed by atoms with Crippen molar-refractivity contribution in [3.63, 3.8) is 0 Å². The summed E-state index contributed by atoms with van der Waals surface area (Å²) >= 11 is 0. The summed E-state index contributed by atoms with van der Waals surface area (Å²) in [4.78, 5) is 13.6. The highest BCUT2D eigenvalue weighted by atomic mass is 16.2. The van der Waals surface area contributed by atoms with Gasteiger partial charge >= 0.3 is 6.03 Å². The maximum absolute atomic E-state index is 11.6. The van der Waals surface area contributed by atoms with Gasteiger partial charge in [0, 0.05) is 32.0 Å². The van der Waals surface area contributed by atoms with Crippen molar-refractivity contribution in [3.8, 4) is 0 Å². The standard InChI is InChI=1S/C13H21N3O/c1-10(2)9-14-13(17)15-11-6-5-7-12(8-11)16(3)4/h5-8,10H,9H2,1-4H3,(H2,14,15,17). The SMILES string of the molecule is CC(C)CNC(=O)Nc1cccc(N(C)C)c1. The van der Waals surface area contributed by atoms with Crippen molar-refractivity contribution in [2.45, 2.75) is 13.8 Å². The molecular formula is C13H21N3O. The lowest BCUT2D eigenvalue weighted by atomic mass is 10.2. The van der Waals surface area contributed by atoms with Gasteiger partial charge in [0.05, 0.1) is 0 Å². The molecule has 0 fully saturated rings. The van der Waals surface area contributed by atoms with E-state index >= 15 is 0 Å². The lowest BCUT2D eigenvalue weighted by Gasteiger charge is -2.14. The Morgan fingerprint density at radius 3 is 2.65 bits per heavy atom. The zero-order valence-electron chi connectivity index (χ0n) is 10.9. The van der Waals surface area contributed by atoms with Crippen molar-refractivity contribution in [1.29, 1.82) is 0 Å². The molecule has 0 aromatic heterocycles. The molecule has 0 heterocycles. The van der Waals surface area contributed by atoms with Gasteiger partial charge in [-0.3, -0.25) is 0 Å². The van der Waals surface area contributed by atoms with Crippen molar-refractivity contribution in [1.82, 2.24) is 5.32 Å². The van der Waals surface area contributed by atoms with Gasteiger partial charge in [0.2, 0.25) is 0 Å². The first-order valence-electron chi connectivity index (χ1n) is 5.81. The Bertz CT molecular complexity index is 375. The summed E-state index contributed by atoms with van der Waals surface area (Å²) < 4.78 is 0. The fourth-order valence-electron chi connectivity index (χ4n) is 1.33. The summed E-state index contributed by atoms with van der Waals surface area (Å²) in [7, 11) is 3.94. The molecule has 1 aromatic carbocycles. The van der Waals surface area contributed by atoms with E-state index in [-0.39, 0.29) is 6.03 Å². The van der Waals surface area contributed by atoms with Crippen LogP contribution in [-0.2, 0) is 0 Å². The van der Waals surface area contributed by atoms with Crippen LogP contribution in [0.15, 0.2) is 24.3 Å². The topological polar surface area (TPSA) is 44.4 Å². The van der Waals surface area contributed by atoms with Crippen molar-refractivity contribution in [2.24, 2.45) is 5.92 Å². The average Bonchev–Trinajstić information content (AvgIpc) is 2.26. The second-order valence-electron chi connectivity index (χ2n) is 4.67. The van der Waals surface area contributed by atoms with Crippen LogP contribution in [0.1, 0.15) is 13.8 Å². The lowest BCUT2D eigenvalue weighted by molar-refractivity contribution is 0.251. The van der Waals surface area contributed by atoms with Gasteiger partial charge in [-0.05, 0) is 24.1 Å². The Labute approximate surface area is 103 Å². The van der Waals surface area contributed by atoms with Crippen LogP contribution in [0.3, 0.4) is 0 Å². The summed E-state index contributed by atoms with van der Waals surface area (Å²) in [6.07, 6.45) is 0. The Morgan fingerprint density at radius 2 is 2.06 bits per heavy atom. The molecule has 0 aliphatic heterocycles. The molecule has 0 aliphatic carbocycles. The summed E-state index contributed by atoms with van der Waals surface area (Å²) in [5, 5.41) is 5.63. The molecule has 0 saturated carbocycles. The van der Waals surface area contributed by atoms with E-state index in [9.17, 15) is 4.79 Å². The maximum atomic E-state index is 11.6. The minimum atomic E-state index is -0.158. The van der Waals surface area contributed by atoms with Gasteiger partial charge in [-0.15, -0.1) is 0 Å². The summed E-state index contributed by atoms with van der Waals surface area (Å²) in [6, 6.07) is 7.58. The van der Waals surface area contributed by atoms with Gasteiger partial charge < -0.3 is 15.5 Å². The smallest absolute Gasteiger partial charge is 0.319 e. The first kappa shape index (κ1) is 13.4.